The molecule has 0 bridgehead atoms. The van der Waals surface area contributed by atoms with Crippen molar-refractivity contribution in [1.82, 2.24) is 9.97 Å². The van der Waals surface area contributed by atoms with Crippen LogP contribution in [0.15, 0.2) is 37.4 Å². The van der Waals surface area contributed by atoms with Gasteiger partial charge in [-0.1, -0.05) is 36.9 Å². The van der Waals surface area contributed by atoms with E-state index in [9.17, 15) is 0 Å². The van der Waals surface area contributed by atoms with Crippen molar-refractivity contribution in [3.63, 3.8) is 0 Å². The Morgan fingerprint density at radius 3 is 2.62 bits per heavy atom. The fourth-order valence-corrected chi connectivity index (χ4v) is 2.30. The molecule has 0 amide bonds. The van der Waals surface area contributed by atoms with Gasteiger partial charge in [0.1, 0.15) is 0 Å². The van der Waals surface area contributed by atoms with E-state index in [0.717, 1.165) is 28.2 Å². The van der Waals surface area contributed by atoms with Gasteiger partial charge in [0.25, 0.3) is 0 Å². The van der Waals surface area contributed by atoms with Crippen LogP contribution in [0.4, 0.5) is 0 Å². The molecule has 0 aromatic carbocycles. The van der Waals surface area contributed by atoms with Gasteiger partial charge in [-0.05, 0) is 37.6 Å². The second-order valence-electron chi connectivity index (χ2n) is 4.93. The number of aryl methyl sites for hydroxylation is 1. The molecule has 0 fully saturated rings. The third-order valence-electron chi connectivity index (χ3n) is 3.18. The molecule has 0 saturated carbocycles. The van der Waals surface area contributed by atoms with Gasteiger partial charge >= 0.3 is 0 Å². The summed E-state index contributed by atoms with van der Waals surface area (Å²) in [6.07, 6.45) is 1.70. The molecule has 0 saturated heterocycles. The highest BCUT2D eigenvalue weighted by Crippen LogP contribution is 2.30. The Balaban J connectivity index is 2.76. The van der Waals surface area contributed by atoms with Crippen LogP contribution in [0.3, 0.4) is 0 Å². The van der Waals surface area contributed by atoms with E-state index in [1.165, 1.54) is 0 Å². The first-order valence-electron chi connectivity index (χ1n) is 6.65. The highest BCUT2D eigenvalue weighted by atomic mass is 35.5. The zero-order valence-corrected chi connectivity index (χ0v) is 13.0. The lowest BCUT2D eigenvalue weighted by Crippen LogP contribution is -2.10. The second-order valence-corrected chi connectivity index (χ2v) is 5.38. The molecule has 0 spiro atoms. The molecule has 4 heteroatoms. The summed E-state index contributed by atoms with van der Waals surface area (Å²) in [6.45, 7) is 11.4. The van der Waals surface area contributed by atoms with Crippen molar-refractivity contribution in [2.75, 3.05) is 0 Å². The van der Waals surface area contributed by atoms with Crippen LogP contribution in [0.1, 0.15) is 35.5 Å². The first-order chi connectivity index (χ1) is 9.93. The first kappa shape index (κ1) is 15.4. The van der Waals surface area contributed by atoms with Crippen molar-refractivity contribution < 1.29 is 0 Å². The van der Waals surface area contributed by atoms with Crippen molar-refractivity contribution in [2.45, 2.75) is 19.9 Å². The van der Waals surface area contributed by atoms with Crippen LogP contribution >= 0.6 is 11.6 Å². The molecule has 2 aromatic heterocycles. The van der Waals surface area contributed by atoms with Gasteiger partial charge in [-0.15, -0.1) is 0 Å². The van der Waals surface area contributed by atoms with Crippen molar-refractivity contribution in [3.8, 4) is 11.4 Å². The normalized spacial score (nSPS) is 12.0. The minimum absolute atomic E-state index is 0.175. The van der Waals surface area contributed by atoms with Crippen LogP contribution < -0.4 is 5.73 Å². The summed E-state index contributed by atoms with van der Waals surface area (Å²) in [5, 5.41) is 0.370. The zero-order valence-electron chi connectivity index (χ0n) is 12.2. The Hall–Kier alpha value is -1.97. The molecule has 0 aliphatic carbocycles. The molecule has 2 aromatic rings. The summed E-state index contributed by atoms with van der Waals surface area (Å²) in [4.78, 5) is 9.16. The maximum Gasteiger partial charge on any atom is 0.0942 e. The smallest absolute Gasteiger partial charge is 0.0942 e. The topological polar surface area (TPSA) is 51.8 Å². The SMILES string of the molecule is C=Cc1cc([C@H](C)N)c(-c2cccc(C)n2)nc1C(=C)Cl. The fraction of sp³-hybridized carbons (Fsp3) is 0.176. The predicted octanol–water partition coefficient (Wildman–Crippen LogP) is 4.32. The number of hydrogen-bond donors (Lipinski definition) is 1. The second kappa shape index (κ2) is 6.20. The zero-order chi connectivity index (χ0) is 15.6. The molecule has 0 unspecified atom stereocenters. The summed E-state index contributed by atoms with van der Waals surface area (Å²) in [5.74, 6) is 0. The van der Waals surface area contributed by atoms with E-state index in [1.807, 2.05) is 38.1 Å². The van der Waals surface area contributed by atoms with E-state index in [0.29, 0.717) is 10.7 Å². The number of nitrogens with two attached hydrogens (primary N) is 1. The number of hydrogen-bond acceptors (Lipinski definition) is 3. The van der Waals surface area contributed by atoms with Crippen LogP contribution in [-0.4, -0.2) is 9.97 Å². The van der Waals surface area contributed by atoms with Gasteiger partial charge in [0.05, 0.1) is 22.1 Å². The number of nitrogens with zero attached hydrogens (tertiary/aromatic N) is 2. The molecule has 108 valence electrons. The minimum Gasteiger partial charge on any atom is -0.324 e. The van der Waals surface area contributed by atoms with E-state index in [1.54, 1.807) is 6.08 Å². The van der Waals surface area contributed by atoms with Gasteiger partial charge in [-0.3, -0.25) is 4.98 Å². The summed E-state index contributed by atoms with van der Waals surface area (Å²) >= 11 is 6.05. The molecular weight excluding hydrogens is 282 g/mol. The maximum atomic E-state index is 6.08. The standard InChI is InChI=1S/C17H18ClN3/c1-5-13-9-14(12(4)19)17(21-16(13)11(3)18)15-8-6-7-10(2)20-15/h5-9,12H,1,3,19H2,2,4H3/t12-/m0/s1. The monoisotopic (exact) mass is 299 g/mol. The lowest BCUT2D eigenvalue weighted by molar-refractivity contribution is 0.812. The number of aromatic nitrogens is 2. The molecule has 0 aliphatic heterocycles. The van der Waals surface area contributed by atoms with Crippen molar-refractivity contribution >= 4 is 22.7 Å². The van der Waals surface area contributed by atoms with Gasteiger partial charge in [0.2, 0.25) is 0 Å². The Morgan fingerprint density at radius 2 is 2.10 bits per heavy atom. The largest absolute Gasteiger partial charge is 0.324 e. The molecule has 21 heavy (non-hydrogen) atoms. The maximum absolute atomic E-state index is 6.08. The first-order valence-corrected chi connectivity index (χ1v) is 7.03. The van der Waals surface area contributed by atoms with E-state index in [4.69, 9.17) is 17.3 Å². The van der Waals surface area contributed by atoms with Gasteiger partial charge in [0, 0.05) is 17.3 Å². The summed E-state index contributed by atoms with van der Waals surface area (Å²) in [6, 6.07) is 7.57. The van der Waals surface area contributed by atoms with Crippen molar-refractivity contribution in [3.05, 3.63) is 59.9 Å². The van der Waals surface area contributed by atoms with Crippen molar-refractivity contribution in [1.29, 1.82) is 0 Å². The number of halogens is 1. The summed E-state index contributed by atoms with van der Waals surface area (Å²) in [5.41, 5.74) is 10.8. The number of rotatable bonds is 4. The average Bonchev–Trinajstić information content (AvgIpc) is 2.45. The molecule has 3 nitrogen and oxygen atoms in total. The predicted molar refractivity (Wildman–Crippen MR) is 89.8 cm³/mol. The molecule has 2 heterocycles. The van der Waals surface area contributed by atoms with Crippen LogP contribution in [-0.2, 0) is 0 Å². The van der Waals surface area contributed by atoms with E-state index in [-0.39, 0.29) is 6.04 Å². The van der Waals surface area contributed by atoms with E-state index in [2.05, 4.69) is 23.1 Å². The molecule has 2 rings (SSSR count). The lowest BCUT2D eigenvalue weighted by atomic mass is 10.00. The quantitative estimate of drug-likeness (QED) is 0.914. The van der Waals surface area contributed by atoms with E-state index < -0.39 is 0 Å². The molecule has 0 radical (unpaired) electrons. The Morgan fingerprint density at radius 1 is 1.38 bits per heavy atom. The summed E-state index contributed by atoms with van der Waals surface area (Å²) in [7, 11) is 0. The summed E-state index contributed by atoms with van der Waals surface area (Å²) < 4.78 is 0. The van der Waals surface area contributed by atoms with Gasteiger partial charge in [-0.2, -0.15) is 0 Å². The van der Waals surface area contributed by atoms with Gasteiger partial charge in [0.15, 0.2) is 0 Å². The average molecular weight is 300 g/mol. The van der Waals surface area contributed by atoms with Crippen molar-refractivity contribution in [2.24, 2.45) is 5.73 Å². The fourth-order valence-electron chi connectivity index (χ4n) is 2.15. The molecule has 0 aliphatic rings. The third kappa shape index (κ3) is 3.20. The molecule has 2 N–H and O–H groups in total. The van der Waals surface area contributed by atoms with Gasteiger partial charge in [-0.25, -0.2) is 4.98 Å². The highest BCUT2D eigenvalue weighted by molar-refractivity contribution is 6.48. The molecular formula is C17H18ClN3. The minimum atomic E-state index is -0.175. The Bertz CT molecular complexity index is 705. The van der Waals surface area contributed by atoms with Crippen LogP contribution in [0.2, 0.25) is 0 Å². The van der Waals surface area contributed by atoms with Crippen LogP contribution in [0, 0.1) is 6.92 Å². The molecule has 1 atom stereocenters. The lowest BCUT2D eigenvalue weighted by Gasteiger charge is -2.15. The van der Waals surface area contributed by atoms with E-state index >= 15 is 0 Å². The Labute approximate surface area is 130 Å². The number of pyridine rings is 2. The Kier molecular flexibility index (Phi) is 4.56. The van der Waals surface area contributed by atoms with Gasteiger partial charge < -0.3 is 5.73 Å². The van der Waals surface area contributed by atoms with Crippen LogP contribution in [0.5, 0.6) is 0 Å². The third-order valence-corrected chi connectivity index (χ3v) is 3.36. The van der Waals surface area contributed by atoms with Crippen LogP contribution in [0.25, 0.3) is 22.5 Å². The highest BCUT2D eigenvalue weighted by Gasteiger charge is 2.16.